The number of urea groups is 1. The van der Waals surface area contributed by atoms with E-state index in [-0.39, 0.29) is 30.7 Å². The Balaban J connectivity index is 1.40. The molecular weight excluding hydrogens is 550 g/mol. The molecule has 0 saturated heterocycles. The number of hydrogen-bond donors (Lipinski definition) is 2. The largest absolute Gasteiger partial charge is 0.345 e. The van der Waals surface area contributed by atoms with Gasteiger partial charge in [0.05, 0.1) is 29.8 Å². The number of amides is 3. The number of rotatable bonds is 9. The number of thioether (sulfide) groups is 1. The summed E-state index contributed by atoms with van der Waals surface area (Å²) in [5.41, 5.74) is 3.13. The molecule has 5 rings (SSSR count). The molecule has 10 nitrogen and oxygen atoms in total. The molecule has 1 fully saturated rings. The summed E-state index contributed by atoms with van der Waals surface area (Å²) < 4.78 is 0. The molecule has 2 N–H and O–H groups in total. The number of hydrazone groups is 1. The number of hydrogen-bond acceptors (Lipinski definition) is 7. The fourth-order valence-corrected chi connectivity index (χ4v) is 6.00. The molecule has 0 atom stereocenters. The van der Waals surface area contributed by atoms with Gasteiger partial charge in [-0.3, -0.25) is 14.5 Å². The summed E-state index contributed by atoms with van der Waals surface area (Å²) in [4.78, 5) is 43.0. The number of aromatic nitrogens is 3. The molecule has 3 aromatic rings. The Kier molecular flexibility index (Phi) is 9.06. The first kappa shape index (κ1) is 29.5. The van der Waals surface area contributed by atoms with Crippen molar-refractivity contribution >= 4 is 46.6 Å². The van der Waals surface area contributed by atoms with E-state index in [4.69, 9.17) is 5.10 Å². The van der Waals surface area contributed by atoms with E-state index in [0.717, 1.165) is 47.5 Å². The van der Waals surface area contributed by atoms with Crippen molar-refractivity contribution in [3.05, 3.63) is 66.0 Å². The van der Waals surface area contributed by atoms with Gasteiger partial charge < -0.3 is 5.32 Å². The van der Waals surface area contributed by atoms with Gasteiger partial charge in [0.2, 0.25) is 5.91 Å². The highest BCUT2D eigenvalue weighted by Gasteiger charge is 2.36. The third kappa shape index (κ3) is 7.07. The number of Topliss-reactive ketones (excluding diaryl/α,β-unsaturated/α-hetero) is 1. The molecule has 11 heteroatoms. The van der Waals surface area contributed by atoms with Crippen LogP contribution in [0.15, 0.2) is 64.7 Å². The first-order valence-electron chi connectivity index (χ1n) is 14.4. The second-order valence-electron chi connectivity index (χ2n) is 11.8. The lowest BCUT2D eigenvalue weighted by molar-refractivity contribution is -0.124. The number of carbonyl (C=O) groups excluding carboxylic acids is 3. The number of nitrogens with zero attached hydrogens (tertiary/aromatic N) is 5. The van der Waals surface area contributed by atoms with E-state index in [0.29, 0.717) is 17.1 Å². The normalized spacial score (nSPS) is 16.1. The van der Waals surface area contributed by atoms with Crippen molar-refractivity contribution in [2.75, 3.05) is 23.3 Å². The van der Waals surface area contributed by atoms with Crippen LogP contribution < -0.4 is 10.2 Å². The van der Waals surface area contributed by atoms with Crippen LogP contribution in [0, 0.1) is 11.3 Å². The minimum Gasteiger partial charge on any atom is -0.324 e. The molecule has 0 bridgehead atoms. The van der Waals surface area contributed by atoms with Crippen LogP contribution in [-0.2, 0) is 15.3 Å². The van der Waals surface area contributed by atoms with Crippen LogP contribution in [-0.4, -0.2) is 56.9 Å². The van der Waals surface area contributed by atoms with Gasteiger partial charge in [0.1, 0.15) is 6.54 Å². The highest BCUT2D eigenvalue weighted by Crippen LogP contribution is 2.34. The van der Waals surface area contributed by atoms with E-state index in [9.17, 15) is 14.4 Å². The maximum atomic E-state index is 14.0. The maximum absolute atomic E-state index is 14.0. The van der Waals surface area contributed by atoms with Crippen molar-refractivity contribution in [2.45, 2.75) is 63.5 Å². The zero-order valence-electron chi connectivity index (χ0n) is 24.3. The van der Waals surface area contributed by atoms with Gasteiger partial charge in [-0.2, -0.15) is 20.5 Å². The van der Waals surface area contributed by atoms with Gasteiger partial charge in [0.25, 0.3) is 0 Å². The average molecular weight is 588 g/mol. The van der Waals surface area contributed by atoms with Crippen molar-refractivity contribution in [1.82, 2.24) is 20.4 Å². The highest BCUT2D eigenvalue weighted by atomic mass is 32.2. The van der Waals surface area contributed by atoms with Crippen LogP contribution in [0.25, 0.3) is 0 Å². The van der Waals surface area contributed by atoms with Gasteiger partial charge in [-0.25, -0.2) is 9.80 Å². The minimum atomic E-state index is -0.631. The van der Waals surface area contributed by atoms with Gasteiger partial charge in [-0.05, 0) is 37.1 Å². The van der Waals surface area contributed by atoms with E-state index >= 15 is 0 Å². The molecule has 2 aromatic carbocycles. The zero-order valence-corrected chi connectivity index (χ0v) is 25.1. The highest BCUT2D eigenvalue weighted by molar-refractivity contribution is 7.98. The monoisotopic (exact) mass is 587 g/mol. The SMILES string of the molecule is CC(C)(C)C(=O)CN1C(=O)N(CC(=O)Nc2cccc(SCc3cn[nH]n3)c2)N=C(C2CCCCC2)c2ccccc21. The number of para-hydroxylation sites is 1. The number of ketones is 1. The number of benzene rings is 2. The minimum absolute atomic E-state index is 0.0730. The van der Waals surface area contributed by atoms with Crippen LogP contribution >= 0.6 is 11.8 Å². The first-order chi connectivity index (χ1) is 20.2. The zero-order chi connectivity index (χ0) is 29.7. The van der Waals surface area contributed by atoms with Crippen molar-refractivity contribution < 1.29 is 14.4 Å². The predicted octanol–water partition coefficient (Wildman–Crippen LogP) is 5.88. The van der Waals surface area contributed by atoms with Crippen molar-refractivity contribution in [1.29, 1.82) is 0 Å². The molecule has 3 amide bonds. The summed E-state index contributed by atoms with van der Waals surface area (Å²) in [6.45, 7) is 5.15. The standard InChI is InChI=1S/C31H37N7O3S/c1-31(2,3)27(39)18-37-26-15-8-7-14-25(26)29(21-10-5-4-6-11-21)35-38(30(37)41)19-28(40)33-22-12-9-13-24(16-22)42-20-23-17-32-36-34-23/h7-9,12-17,21H,4-6,10-11,18-20H2,1-3H3,(H,33,40)(H,32,34,36). The van der Waals surface area contributed by atoms with E-state index in [1.165, 1.54) is 16.3 Å². The Hall–Kier alpha value is -3.99. The smallest absolute Gasteiger partial charge is 0.324 e. The molecule has 2 aliphatic rings. The quantitative estimate of drug-likeness (QED) is 0.302. The summed E-state index contributed by atoms with van der Waals surface area (Å²) in [6.07, 6.45) is 6.99. The van der Waals surface area contributed by atoms with Crippen molar-refractivity contribution in [3.63, 3.8) is 0 Å². The second-order valence-corrected chi connectivity index (χ2v) is 12.8. The summed E-state index contributed by atoms with van der Waals surface area (Å²) >= 11 is 1.58. The number of carbonyl (C=O) groups is 3. The number of aromatic amines is 1. The summed E-state index contributed by atoms with van der Waals surface area (Å²) in [6, 6.07) is 14.7. The topological polar surface area (TPSA) is 124 Å². The van der Waals surface area contributed by atoms with Crippen LogP contribution in [0.4, 0.5) is 16.2 Å². The van der Waals surface area contributed by atoms with E-state index in [2.05, 4.69) is 20.7 Å². The van der Waals surface area contributed by atoms with Crippen LogP contribution in [0.1, 0.15) is 64.1 Å². The molecule has 0 radical (unpaired) electrons. The predicted molar refractivity (Wildman–Crippen MR) is 164 cm³/mol. The summed E-state index contributed by atoms with van der Waals surface area (Å²) in [7, 11) is 0. The lowest BCUT2D eigenvalue weighted by Crippen LogP contribution is -2.47. The average Bonchev–Trinajstić information content (AvgIpc) is 3.47. The van der Waals surface area contributed by atoms with Gasteiger partial charge in [-0.15, -0.1) is 11.8 Å². The van der Waals surface area contributed by atoms with E-state index < -0.39 is 11.4 Å². The van der Waals surface area contributed by atoms with Crippen LogP contribution in [0.3, 0.4) is 0 Å². The maximum Gasteiger partial charge on any atom is 0.345 e. The fourth-order valence-electron chi connectivity index (χ4n) is 5.16. The van der Waals surface area contributed by atoms with Crippen molar-refractivity contribution in [3.8, 4) is 0 Å². The molecule has 0 spiro atoms. The lowest BCUT2D eigenvalue weighted by Gasteiger charge is -2.28. The van der Waals surface area contributed by atoms with Gasteiger partial charge in [-0.1, -0.05) is 64.3 Å². The van der Waals surface area contributed by atoms with E-state index in [1.807, 2.05) is 69.3 Å². The van der Waals surface area contributed by atoms with E-state index in [1.54, 1.807) is 18.0 Å². The Bertz CT molecular complexity index is 1460. The molecule has 1 saturated carbocycles. The molecule has 1 aliphatic heterocycles. The van der Waals surface area contributed by atoms with Gasteiger partial charge in [0.15, 0.2) is 5.78 Å². The van der Waals surface area contributed by atoms with Crippen LogP contribution in [0.5, 0.6) is 0 Å². The molecular formula is C31H37N7O3S. The molecule has 220 valence electrons. The summed E-state index contributed by atoms with van der Waals surface area (Å²) in [5.74, 6) is 0.367. The number of nitrogens with one attached hydrogen (secondary N) is 2. The Labute approximate surface area is 250 Å². The molecule has 1 aliphatic carbocycles. The second kappa shape index (κ2) is 12.9. The molecule has 0 unspecified atom stereocenters. The Morgan fingerprint density at radius 2 is 1.83 bits per heavy atom. The summed E-state index contributed by atoms with van der Waals surface area (Å²) in [5, 5.41) is 19.5. The number of H-pyrrole nitrogens is 1. The Morgan fingerprint density at radius 1 is 1.05 bits per heavy atom. The molecule has 42 heavy (non-hydrogen) atoms. The number of anilines is 2. The third-order valence-corrected chi connectivity index (χ3v) is 8.57. The fraction of sp³-hybridized carbons (Fsp3) is 0.419. The van der Waals surface area contributed by atoms with Gasteiger partial charge >= 0.3 is 6.03 Å². The third-order valence-electron chi connectivity index (χ3n) is 7.54. The number of fused-ring (bicyclic) bond motifs is 1. The van der Waals surface area contributed by atoms with Crippen LogP contribution in [0.2, 0.25) is 0 Å². The first-order valence-corrected chi connectivity index (χ1v) is 15.3. The lowest BCUT2D eigenvalue weighted by atomic mass is 9.83. The van der Waals surface area contributed by atoms with Gasteiger partial charge in [0, 0.05) is 33.2 Å². The Morgan fingerprint density at radius 3 is 2.57 bits per heavy atom. The van der Waals surface area contributed by atoms with Crippen molar-refractivity contribution in [2.24, 2.45) is 16.4 Å². The molecule has 2 heterocycles. The molecule has 1 aromatic heterocycles.